The second-order valence-corrected chi connectivity index (χ2v) is 9.28. The Labute approximate surface area is 167 Å². The van der Waals surface area contributed by atoms with Gasteiger partial charge < -0.3 is 15.5 Å². The maximum atomic E-state index is 5.96. The van der Waals surface area contributed by atoms with E-state index in [-0.39, 0.29) is 0 Å². The van der Waals surface area contributed by atoms with Crippen LogP contribution in [0.25, 0.3) is 0 Å². The second kappa shape index (κ2) is 8.45. The Bertz CT molecular complexity index is 600. The topological polar surface area (TPSA) is 28.5 Å². The van der Waals surface area contributed by atoms with Crippen LogP contribution in [-0.2, 0) is 0 Å². The fourth-order valence-corrected chi connectivity index (χ4v) is 6.09. The number of hydrogen-bond acceptors (Lipinski definition) is 1. The Hall–Kier alpha value is -0.840. The molecule has 3 nitrogen and oxygen atoms in total. The normalized spacial score (nSPS) is 32.0. The number of nitrogens with one attached hydrogen (secondary N) is 3. The van der Waals surface area contributed by atoms with Crippen molar-refractivity contribution < 1.29 is 4.90 Å². The molecule has 2 aliphatic heterocycles. The molecule has 3 aliphatic rings. The Morgan fingerprint density at radius 1 is 0.885 bits per heavy atom. The lowest BCUT2D eigenvalue weighted by Gasteiger charge is -2.50. The van der Waals surface area contributed by atoms with Gasteiger partial charge in [-0.1, -0.05) is 18.0 Å². The third-order valence-corrected chi connectivity index (χ3v) is 7.17. The van der Waals surface area contributed by atoms with Gasteiger partial charge in [0.25, 0.3) is 0 Å². The van der Waals surface area contributed by atoms with E-state index >= 15 is 0 Å². The molecule has 2 bridgehead atoms. The zero-order valence-corrected chi connectivity index (χ0v) is 17.0. The van der Waals surface area contributed by atoms with Crippen LogP contribution in [0.3, 0.4) is 0 Å². The van der Waals surface area contributed by atoms with Crippen molar-refractivity contribution in [3.63, 3.8) is 0 Å². The summed E-state index contributed by atoms with van der Waals surface area (Å²) in [6.07, 6.45) is 14.0. The van der Waals surface area contributed by atoms with E-state index in [0.29, 0.717) is 6.04 Å². The second-order valence-electron chi connectivity index (χ2n) is 8.43. The summed E-state index contributed by atoms with van der Waals surface area (Å²) < 4.78 is 0. The minimum atomic E-state index is 0.518. The molecular weight excluding hydrogens is 362 g/mol. The molecule has 2 saturated heterocycles. The van der Waals surface area contributed by atoms with Crippen molar-refractivity contribution in [1.82, 2.24) is 5.32 Å². The summed E-state index contributed by atoms with van der Waals surface area (Å²) in [5, 5.41) is 8.42. The van der Waals surface area contributed by atoms with Crippen LogP contribution in [0.2, 0.25) is 5.02 Å². The van der Waals surface area contributed by atoms with Crippen LogP contribution in [0.1, 0.15) is 64.2 Å². The number of anilines is 1. The number of rotatable bonds is 3. The molecule has 5 heteroatoms. The van der Waals surface area contributed by atoms with Gasteiger partial charge in [-0.25, -0.2) is 0 Å². The summed E-state index contributed by atoms with van der Waals surface area (Å²) in [6, 6.07) is 10.8. The van der Waals surface area contributed by atoms with Crippen molar-refractivity contribution in [1.29, 1.82) is 0 Å². The van der Waals surface area contributed by atoms with Gasteiger partial charge in [-0.05, 0) is 81.4 Å². The number of fused-ring (bicyclic) bond motifs is 2. The average molecular weight is 393 g/mol. The van der Waals surface area contributed by atoms with Crippen molar-refractivity contribution in [3.05, 3.63) is 29.3 Å². The van der Waals surface area contributed by atoms with Crippen LogP contribution in [0.5, 0.6) is 0 Å². The third-order valence-electron chi connectivity index (χ3n) is 6.70. The molecule has 0 spiro atoms. The largest absolute Gasteiger partial charge is 0.359 e. The Balaban J connectivity index is 1.34. The number of halogens is 1. The molecule has 1 aromatic rings. The molecule has 0 unspecified atom stereocenters. The van der Waals surface area contributed by atoms with E-state index in [1.807, 2.05) is 29.2 Å². The maximum Gasteiger partial charge on any atom is 0.171 e. The van der Waals surface area contributed by atoms with Gasteiger partial charge in [-0.3, -0.25) is 0 Å². The zero-order valence-electron chi connectivity index (χ0n) is 15.5. The highest BCUT2D eigenvalue weighted by Crippen LogP contribution is 2.26. The molecule has 1 aromatic carbocycles. The van der Waals surface area contributed by atoms with E-state index in [1.54, 1.807) is 0 Å². The fourth-order valence-electron chi connectivity index (χ4n) is 5.67. The summed E-state index contributed by atoms with van der Waals surface area (Å²) in [5.41, 5.74) is 0.998. The number of piperidine rings is 2. The summed E-state index contributed by atoms with van der Waals surface area (Å²) >= 11 is 11.5. The zero-order chi connectivity index (χ0) is 17.9. The van der Waals surface area contributed by atoms with Crippen molar-refractivity contribution in [2.24, 2.45) is 0 Å². The lowest BCUT2D eigenvalue weighted by molar-refractivity contribution is -0.984. The number of benzene rings is 1. The SMILES string of the molecule is S=C(Nc1ccc(Cl)cc1)NC1C[C@H]2CCC[C@H](C1)[NH+]2C1CCCCC1. The number of thiocarbonyl (C=S) groups is 1. The predicted molar refractivity (Wildman–Crippen MR) is 113 cm³/mol. The first-order valence-corrected chi connectivity index (χ1v) is 11.2. The molecule has 26 heavy (non-hydrogen) atoms. The highest BCUT2D eigenvalue weighted by atomic mass is 35.5. The molecule has 3 fully saturated rings. The van der Waals surface area contributed by atoms with Crippen LogP contribution in [0.4, 0.5) is 5.69 Å². The molecule has 2 heterocycles. The van der Waals surface area contributed by atoms with Crippen molar-refractivity contribution in [2.45, 2.75) is 88.4 Å². The first-order valence-electron chi connectivity index (χ1n) is 10.4. The van der Waals surface area contributed by atoms with E-state index in [2.05, 4.69) is 10.6 Å². The van der Waals surface area contributed by atoms with Gasteiger partial charge in [-0.2, -0.15) is 0 Å². The Morgan fingerprint density at radius 2 is 1.50 bits per heavy atom. The van der Waals surface area contributed by atoms with Gasteiger partial charge in [0, 0.05) is 29.6 Å². The van der Waals surface area contributed by atoms with Crippen molar-refractivity contribution in [3.8, 4) is 0 Å². The molecule has 2 atom stereocenters. The Morgan fingerprint density at radius 3 is 2.15 bits per heavy atom. The van der Waals surface area contributed by atoms with Crippen molar-refractivity contribution in [2.75, 3.05) is 5.32 Å². The van der Waals surface area contributed by atoms with Crippen LogP contribution in [0.15, 0.2) is 24.3 Å². The molecule has 3 N–H and O–H groups in total. The minimum Gasteiger partial charge on any atom is -0.359 e. The van der Waals surface area contributed by atoms with E-state index in [1.165, 1.54) is 64.2 Å². The molecular formula is C21H31ClN3S+. The molecule has 1 aliphatic carbocycles. The summed E-state index contributed by atoms with van der Waals surface area (Å²) in [4.78, 5) is 1.96. The van der Waals surface area contributed by atoms with E-state index < -0.39 is 0 Å². The highest BCUT2D eigenvalue weighted by molar-refractivity contribution is 7.80. The van der Waals surface area contributed by atoms with E-state index in [0.717, 1.165) is 33.9 Å². The predicted octanol–water partition coefficient (Wildman–Crippen LogP) is 3.93. The lowest BCUT2D eigenvalue weighted by atomic mass is 9.78. The first kappa shape index (κ1) is 18.5. The third kappa shape index (κ3) is 4.35. The van der Waals surface area contributed by atoms with Gasteiger partial charge in [0.1, 0.15) is 0 Å². The molecule has 142 valence electrons. The van der Waals surface area contributed by atoms with E-state index in [4.69, 9.17) is 23.8 Å². The molecule has 1 saturated carbocycles. The number of quaternary nitrogens is 1. The van der Waals surface area contributed by atoms with Gasteiger partial charge in [0.05, 0.1) is 18.1 Å². The van der Waals surface area contributed by atoms with Crippen LogP contribution < -0.4 is 15.5 Å². The van der Waals surface area contributed by atoms with Crippen LogP contribution in [0, 0.1) is 0 Å². The Kier molecular flexibility index (Phi) is 6.02. The fraction of sp³-hybridized carbons (Fsp3) is 0.667. The summed E-state index contributed by atoms with van der Waals surface area (Å²) in [5.74, 6) is 0. The minimum absolute atomic E-state index is 0.518. The first-order chi connectivity index (χ1) is 12.7. The van der Waals surface area contributed by atoms with E-state index in [9.17, 15) is 0 Å². The van der Waals surface area contributed by atoms with Crippen LogP contribution in [-0.4, -0.2) is 29.3 Å². The standard InChI is InChI=1S/C21H30ClN3S/c22-15-9-11-16(12-10-15)23-21(26)24-17-13-19-7-4-8-20(14-17)25(19)18-5-2-1-3-6-18/h9-12,17-20H,1-8,13-14H2,(H2,23,24,26)/p+1/t19-,20-/m1/s1. The quantitative estimate of drug-likeness (QED) is 0.680. The average Bonchev–Trinajstić information content (AvgIpc) is 2.63. The maximum absolute atomic E-state index is 5.96. The smallest absolute Gasteiger partial charge is 0.171 e. The summed E-state index contributed by atoms with van der Waals surface area (Å²) in [7, 11) is 0. The lowest BCUT2D eigenvalue weighted by Crippen LogP contribution is -3.24. The molecule has 0 aromatic heterocycles. The number of hydrogen-bond donors (Lipinski definition) is 3. The molecule has 0 amide bonds. The molecule has 0 radical (unpaired) electrons. The molecule has 4 rings (SSSR count). The highest BCUT2D eigenvalue weighted by Gasteiger charge is 2.45. The van der Waals surface area contributed by atoms with Crippen molar-refractivity contribution >= 4 is 34.6 Å². The van der Waals surface area contributed by atoms with Gasteiger partial charge in [0.2, 0.25) is 0 Å². The van der Waals surface area contributed by atoms with Gasteiger partial charge >= 0.3 is 0 Å². The summed E-state index contributed by atoms with van der Waals surface area (Å²) in [6.45, 7) is 0. The van der Waals surface area contributed by atoms with Gasteiger partial charge in [-0.15, -0.1) is 0 Å². The van der Waals surface area contributed by atoms with Crippen LogP contribution >= 0.6 is 23.8 Å². The monoisotopic (exact) mass is 392 g/mol. The van der Waals surface area contributed by atoms with Gasteiger partial charge in [0.15, 0.2) is 5.11 Å².